The topological polar surface area (TPSA) is 139 Å². The number of aromatic nitrogens is 2. The van der Waals surface area contributed by atoms with Gasteiger partial charge in [-0.15, -0.1) is 0 Å². The minimum atomic E-state index is -1.01. The van der Waals surface area contributed by atoms with E-state index in [-0.39, 0.29) is 25.8 Å². The fraction of sp³-hybridized carbons (Fsp3) is 0.219. The molecule has 4 aromatic rings. The van der Waals surface area contributed by atoms with E-state index in [4.69, 9.17) is 28.8 Å². The number of aliphatic carboxylic acids is 1. The molecule has 0 aliphatic carbocycles. The first-order chi connectivity index (χ1) is 20.8. The lowest BCUT2D eigenvalue weighted by Crippen LogP contribution is -2.08. The summed E-state index contributed by atoms with van der Waals surface area (Å²) in [4.78, 5) is 23.1. The van der Waals surface area contributed by atoms with Gasteiger partial charge in [0.2, 0.25) is 6.79 Å². The molecule has 0 bridgehead atoms. The van der Waals surface area contributed by atoms with Crippen molar-refractivity contribution in [3.63, 3.8) is 0 Å². The number of ether oxygens (including phenoxy) is 5. The van der Waals surface area contributed by atoms with Gasteiger partial charge in [-0.2, -0.15) is 5.10 Å². The predicted molar refractivity (Wildman–Crippen MR) is 155 cm³/mol. The molecule has 0 radical (unpaired) electrons. The lowest BCUT2D eigenvalue weighted by Gasteiger charge is -2.13. The molecule has 5 rings (SSSR count). The van der Waals surface area contributed by atoms with Crippen LogP contribution in [0.25, 0.3) is 17.3 Å². The quantitative estimate of drug-likeness (QED) is 0.112. The Bertz CT molecular complexity index is 1660. The van der Waals surface area contributed by atoms with E-state index in [1.54, 1.807) is 54.1 Å². The average Bonchev–Trinajstić information content (AvgIpc) is 3.65. The van der Waals surface area contributed by atoms with Crippen molar-refractivity contribution in [3.05, 3.63) is 95.4 Å². The van der Waals surface area contributed by atoms with Crippen LogP contribution in [0.3, 0.4) is 0 Å². The second-order valence-corrected chi connectivity index (χ2v) is 9.61. The molecule has 0 fully saturated rings. The molecule has 0 amide bonds. The van der Waals surface area contributed by atoms with Gasteiger partial charge in [0.05, 0.1) is 30.0 Å². The highest BCUT2D eigenvalue weighted by atomic mass is 16.7. The number of carboxylic acids is 2. The van der Waals surface area contributed by atoms with Crippen molar-refractivity contribution in [3.8, 4) is 34.3 Å². The zero-order valence-electron chi connectivity index (χ0n) is 23.6. The van der Waals surface area contributed by atoms with E-state index < -0.39 is 17.9 Å². The van der Waals surface area contributed by atoms with Gasteiger partial charge in [0.25, 0.3) is 0 Å². The number of carbonyl (C=O) groups is 2. The first-order valence-corrected chi connectivity index (χ1v) is 13.5. The third-order valence-electron chi connectivity index (χ3n) is 6.82. The number of hydrogen-bond acceptors (Lipinski definition) is 8. The number of benzene rings is 3. The van der Waals surface area contributed by atoms with Crippen LogP contribution >= 0.6 is 0 Å². The third-order valence-corrected chi connectivity index (χ3v) is 6.82. The van der Waals surface area contributed by atoms with E-state index in [9.17, 15) is 19.8 Å². The molecule has 1 unspecified atom stereocenters. The molecule has 1 aromatic heterocycles. The molecular weight excluding hydrogens is 556 g/mol. The average molecular weight is 587 g/mol. The van der Waals surface area contributed by atoms with Gasteiger partial charge in [-0.3, -0.25) is 9.48 Å². The van der Waals surface area contributed by atoms with Gasteiger partial charge in [-0.05, 0) is 49.8 Å². The molecule has 1 aliphatic heterocycles. The van der Waals surface area contributed by atoms with Crippen LogP contribution in [0.2, 0.25) is 0 Å². The molecule has 0 saturated carbocycles. The summed E-state index contributed by atoms with van der Waals surface area (Å²) in [6, 6.07) is 17.3. The van der Waals surface area contributed by atoms with E-state index in [1.807, 2.05) is 31.3 Å². The van der Waals surface area contributed by atoms with Crippen LogP contribution in [0.5, 0.6) is 23.0 Å². The van der Waals surface area contributed by atoms with Crippen molar-refractivity contribution >= 4 is 18.0 Å². The summed E-state index contributed by atoms with van der Waals surface area (Å²) in [6.45, 7) is 4.28. The molecule has 11 nitrogen and oxygen atoms in total. The fourth-order valence-electron chi connectivity index (χ4n) is 4.49. The lowest BCUT2D eigenvalue weighted by atomic mass is 9.99. The molecule has 3 aromatic carbocycles. The highest BCUT2D eigenvalue weighted by Crippen LogP contribution is 2.41. The van der Waals surface area contributed by atoms with Gasteiger partial charge < -0.3 is 33.9 Å². The van der Waals surface area contributed by atoms with Crippen LogP contribution in [-0.4, -0.2) is 45.5 Å². The maximum Gasteiger partial charge on any atom is 0.336 e. The highest BCUT2D eigenvalue weighted by molar-refractivity contribution is 5.89. The summed E-state index contributed by atoms with van der Waals surface area (Å²) in [5.41, 5.74) is 3.46. The maximum atomic E-state index is 11.7. The Morgan fingerprint density at radius 2 is 1.86 bits per heavy atom. The summed E-state index contributed by atoms with van der Waals surface area (Å²) in [5, 5.41) is 23.6. The summed E-state index contributed by atoms with van der Waals surface area (Å²) < 4.78 is 29.9. The van der Waals surface area contributed by atoms with Crippen molar-refractivity contribution in [1.82, 2.24) is 9.78 Å². The minimum absolute atomic E-state index is 0.0582. The zero-order valence-corrected chi connectivity index (χ0v) is 23.6. The Kier molecular flexibility index (Phi) is 8.92. The summed E-state index contributed by atoms with van der Waals surface area (Å²) in [5.74, 6) is -0.970. The van der Waals surface area contributed by atoms with Crippen LogP contribution in [0.1, 0.15) is 46.8 Å². The van der Waals surface area contributed by atoms with Gasteiger partial charge in [0.1, 0.15) is 11.5 Å². The van der Waals surface area contributed by atoms with Crippen molar-refractivity contribution in [2.75, 3.05) is 13.6 Å². The maximum absolute atomic E-state index is 11.7. The van der Waals surface area contributed by atoms with Crippen LogP contribution in [0, 0.1) is 0 Å². The van der Waals surface area contributed by atoms with Gasteiger partial charge in [0.15, 0.2) is 18.3 Å². The number of rotatable bonds is 13. The van der Waals surface area contributed by atoms with E-state index in [0.717, 1.165) is 11.1 Å². The summed E-state index contributed by atoms with van der Waals surface area (Å²) >= 11 is 0. The molecule has 222 valence electrons. The van der Waals surface area contributed by atoms with Crippen molar-refractivity contribution < 1.29 is 43.5 Å². The van der Waals surface area contributed by atoms with Crippen LogP contribution in [0.15, 0.2) is 73.1 Å². The number of hydrogen-bond donors (Lipinski definition) is 2. The monoisotopic (exact) mass is 586 g/mol. The van der Waals surface area contributed by atoms with Crippen LogP contribution in [-0.2, 0) is 22.7 Å². The van der Waals surface area contributed by atoms with Crippen LogP contribution in [0.4, 0.5) is 0 Å². The molecule has 0 spiro atoms. The molecular formula is C32H30N2O9. The number of nitrogens with zero attached hydrogens (tertiary/aromatic N) is 2. The SMILES string of the molecule is CCn1cc(C=COc2cc3c(cc2C(C)C(=O)O)OCO3)c(-c2cccc(OCOCc3ccccc3C(=O)O)c2)n1. The molecule has 2 N–H and O–H groups in total. The molecule has 1 aliphatic rings. The van der Waals surface area contributed by atoms with Gasteiger partial charge in [0, 0.05) is 35.5 Å². The molecule has 1 atom stereocenters. The van der Waals surface area contributed by atoms with E-state index >= 15 is 0 Å². The second-order valence-electron chi connectivity index (χ2n) is 9.61. The van der Waals surface area contributed by atoms with Crippen molar-refractivity contribution in [1.29, 1.82) is 0 Å². The van der Waals surface area contributed by atoms with E-state index in [1.165, 1.54) is 12.3 Å². The first kappa shape index (κ1) is 29.2. The van der Waals surface area contributed by atoms with Crippen molar-refractivity contribution in [2.24, 2.45) is 0 Å². The molecule has 11 heteroatoms. The number of aryl methyl sites for hydroxylation is 1. The fourth-order valence-corrected chi connectivity index (χ4v) is 4.49. The smallest absolute Gasteiger partial charge is 0.336 e. The van der Waals surface area contributed by atoms with Crippen LogP contribution < -0.4 is 18.9 Å². The molecule has 0 saturated heterocycles. The van der Waals surface area contributed by atoms with Gasteiger partial charge in [-0.25, -0.2) is 4.79 Å². The van der Waals surface area contributed by atoms with Gasteiger partial charge in [-0.1, -0.05) is 30.3 Å². The Hall–Kier alpha value is -5.29. The highest BCUT2D eigenvalue weighted by Gasteiger charge is 2.24. The van der Waals surface area contributed by atoms with E-state index in [0.29, 0.717) is 46.4 Å². The second kappa shape index (κ2) is 13.1. The van der Waals surface area contributed by atoms with Crippen molar-refractivity contribution in [2.45, 2.75) is 32.9 Å². The Balaban J connectivity index is 1.30. The minimum Gasteiger partial charge on any atom is -0.481 e. The number of carboxylic acid groups (broad SMARTS) is 2. The largest absolute Gasteiger partial charge is 0.481 e. The molecule has 2 heterocycles. The first-order valence-electron chi connectivity index (χ1n) is 13.5. The van der Waals surface area contributed by atoms with Gasteiger partial charge >= 0.3 is 11.9 Å². The van der Waals surface area contributed by atoms with E-state index in [2.05, 4.69) is 0 Å². The Morgan fingerprint density at radius 1 is 1.07 bits per heavy atom. The zero-order chi connectivity index (χ0) is 30.3. The Labute approximate surface area is 247 Å². The normalized spacial score (nSPS) is 12.8. The third kappa shape index (κ3) is 6.79. The standard InChI is InChI=1S/C32H30N2O9/c1-3-34-16-22(11-12-40-27-15-29-28(42-19-43-29)14-26(27)20(2)31(35)36)30(33-34)21-8-6-9-24(13-21)41-18-39-17-23-7-4-5-10-25(23)32(37)38/h4-16,20H,3,17-19H2,1-2H3,(H,35,36)(H,37,38). The summed E-state index contributed by atoms with van der Waals surface area (Å²) in [6.07, 6.45) is 5.12. The Morgan fingerprint density at radius 3 is 2.63 bits per heavy atom. The number of aromatic carboxylic acids is 1. The predicted octanol–water partition coefficient (Wildman–Crippen LogP) is 5.79. The lowest BCUT2D eigenvalue weighted by molar-refractivity contribution is -0.138. The number of fused-ring (bicyclic) bond motifs is 1. The summed E-state index contributed by atoms with van der Waals surface area (Å²) in [7, 11) is 0. The molecule has 43 heavy (non-hydrogen) atoms.